The number of nitrogens with one attached hydrogen (secondary N) is 1. The summed E-state index contributed by atoms with van der Waals surface area (Å²) in [5, 5.41) is 4.39. The number of rotatable bonds is 6. The minimum atomic E-state index is 0.679. The average molecular weight is 309 g/mol. The molecule has 1 aliphatic rings. The van der Waals surface area contributed by atoms with Crippen molar-refractivity contribution in [3.63, 3.8) is 0 Å². The fourth-order valence-corrected chi connectivity index (χ4v) is 3.19. The first-order chi connectivity index (χ1) is 9.97. The molecule has 21 heavy (non-hydrogen) atoms. The Labute approximate surface area is 134 Å². The van der Waals surface area contributed by atoms with Crippen molar-refractivity contribution in [2.45, 2.75) is 40.7 Å². The lowest BCUT2D eigenvalue weighted by molar-refractivity contribution is 0.422. The highest BCUT2D eigenvalue weighted by molar-refractivity contribution is 6.30. The van der Waals surface area contributed by atoms with Crippen LogP contribution in [0.15, 0.2) is 18.2 Å². The first-order valence-corrected chi connectivity index (χ1v) is 8.59. The normalized spacial score (nSPS) is 19.0. The lowest BCUT2D eigenvalue weighted by Crippen LogP contribution is -2.25. The lowest BCUT2D eigenvalue weighted by Gasteiger charge is -2.24. The van der Waals surface area contributed by atoms with E-state index in [2.05, 4.69) is 50.0 Å². The van der Waals surface area contributed by atoms with Gasteiger partial charge in [-0.15, -0.1) is 0 Å². The van der Waals surface area contributed by atoms with Crippen molar-refractivity contribution in [2.24, 2.45) is 17.8 Å². The molecule has 0 aliphatic carbocycles. The van der Waals surface area contributed by atoms with Gasteiger partial charge in [-0.2, -0.15) is 0 Å². The Bertz CT molecular complexity index is 457. The Morgan fingerprint density at radius 2 is 2.05 bits per heavy atom. The van der Waals surface area contributed by atoms with Gasteiger partial charge in [-0.25, -0.2) is 0 Å². The fraction of sp³-hybridized carbons (Fsp3) is 0.667. The van der Waals surface area contributed by atoms with Gasteiger partial charge >= 0.3 is 0 Å². The summed E-state index contributed by atoms with van der Waals surface area (Å²) in [5.74, 6) is 2.25. The number of nitrogens with zero attached hydrogens (tertiary/aromatic N) is 1. The van der Waals surface area contributed by atoms with Gasteiger partial charge in [0.2, 0.25) is 0 Å². The largest absolute Gasteiger partial charge is 0.371 e. The molecule has 0 bridgehead atoms. The number of benzene rings is 1. The SMILES string of the molecule is CC(C)CNCc1ccc(Cl)cc1N1CCC(C(C)C)C1. The van der Waals surface area contributed by atoms with Gasteiger partial charge in [0, 0.05) is 30.3 Å². The van der Waals surface area contributed by atoms with Gasteiger partial charge in [-0.3, -0.25) is 0 Å². The summed E-state index contributed by atoms with van der Waals surface area (Å²) in [6.07, 6.45) is 1.29. The zero-order chi connectivity index (χ0) is 15.4. The van der Waals surface area contributed by atoms with E-state index in [4.69, 9.17) is 11.6 Å². The molecule has 1 aromatic carbocycles. The third-order valence-electron chi connectivity index (χ3n) is 4.42. The maximum atomic E-state index is 6.23. The van der Waals surface area contributed by atoms with Crippen molar-refractivity contribution in [3.05, 3.63) is 28.8 Å². The van der Waals surface area contributed by atoms with Crippen LogP contribution in [-0.2, 0) is 6.54 Å². The molecule has 1 aromatic rings. The van der Waals surface area contributed by atoms with E-state index in [-0.39, 0.29) is 0 Å². The van der Waals surface area contributed by atoms with Gasteiger partial charge in [0.05, 0.1) is 0 Å². The van der Waals surface area contributed by atoms with E-state index in [9.17, 15) is 0 Å². The van der Waals surface area contributed by atoms with E-state index in [1.54, 1.807) is 0 Å². The maximum absolute atomic E-state index is 6.23. The summed E-state index contributed by atoms with van der Waals surface area (Å²) < 4.78 is 0. The standard InChI is InChI=1S/C18H29ClN2/c1-13(2)10-20-11-15-5-6-17(19)9-18(15)21-8-7-16(12-21)14(3)4/h5-6,9,13-14,16,20H,7-8,10-12H2,1-4H3. The van der Waals surface area contributed by atoms with Crippen LogP contribution >= 0.6 is 11.6 Å². The summed E-state index contributed by atoms with van der Waals surface area (Å²) in [5.41, 5.74) is 2.69. The number of anilines is 1. The average Bonchev–Trinajstić information content (AvgIpc) is 2.89. The van der Waals surface area contributed by atoms with Gasteiger partial charge < -0.3 is 10.2 Å². The molecule has 0 amide bonds. The quantitative estimate of drug-likeness (QED) is 0.828. The summed E-state index contributed by atoms with van der Waals surface area (Å²) in [7, 11) is 0. The Balaban J connectivity index is 2.08. The molecule has 1 saturated heterocycles. The molecular formula is C18H29ClN2. The number of hydrogen-bond acceptors (Lipinski definition) is 2. The Morgan fingerprint density at radius 1 is 1.29 bits per heavy atom. The highest BCUT2D eigenvalue weighted by Gasteiger charge is 2.26. The Hall–Kier alpha value is -0.730. The van der Waals surface area contributed by atoms with E-state index in [0.29, 0.717) is 5.92 Å². The second-order valence-electron chi connectivity index (χ2n) is 7.04. The summed E-state index contributed by atoms with van der Waals surface area (Å²) in [6.45, 7) is 13.4. The first-order valence-electron chi connectivity index (χ1n) is 8.21. The molecule has 2 rings (SSSR count). The third-order valence-corrected chi connectivity index (χ3v) is 4.66. The second kappa shape index (κ2) is 7.51. The highest BCUT2D eigenvalue weighted by Crippen LogP contribution is 2.32. The van der Waals surface area contributed by atoms with Gasteiger partial charge in [-0.05, 0) is 48.4 Å². The van der Waals surface area contributed by atoms with E-state index < -0.39 is 0 Å². The van der Waals surface area contributed by atoms with Gasteiger partial charge in [0.25, 0.3) is 0 Å². The molecule has 1 heterocycles. The monoisotopic (exact) mass is 308 g/mol. The second-order valence-corrected chi connectivity index (χ2v) is 7.47. The van der Waals surface area contributed by atoms with Crippen LogP contribution in [0.4, 0.5) is 5.69 Å². The molecule has 118 valence electrons. The van der Waals surface area contributed by atoms with Crippen LogP contribution < -0.4 is 10.2 Å². The molecule has 0 spiro atoms. The third kappa shape index (κ3) is 4.62. The summed E-state index contributed by atoms with van der Waals surface area (Å²) >= 11 is 6.23. The number of halogens is 1. The predicted octanol–water partition coefficient (Wildman–Crippen LogP) is 4.57. The van der Waals surface area contributed by atoms with Crippen LogP contribution in [0, 0.1) is 17.8 Å². The van der Waals surface area contributed by atoms with Crippen LogP contribution in [0.25, 0.3) is 0 Å². The molecule has 1 unspecified atom stereocenters. The van der Waals surface area contributed by atoms with Crippen LogP contribution in [0.3, 0.4) is 0 Å². The number of hydrogen-bond donors (Lipinski definition) is 1. The van der Waals surface area contributed by atoms with Crippen LogP contribution in [0.2, 0.25) is 5.02 Å². The molecule has 1 atom stereocenters. The van der Waals surface area contributed by atoms with Crippen LogP contribution in [0.5, 0.6) is 0 Å². The maximum Gasteiger partial charge on any atom is 0.0426 e. The Kier molecular flexibility index (Phi) is 5.95. The van der Waals surface area contributed by atoms with Crippen molar-refractivity contribution >= 4 is 17.3 Å². The Morgan fingerprint density at radius 3 is 2.67 bits per heavy atom. The summed E-state index contributed by atoms with van der Waals surface area (Å²) in [6, 6.07) is 6.32. The van der Waals surface area contributed by atoms with Crippen LogP contribution in [-0.4, -0.2) is 19.6 Å². The van der Waals surface area contributed by atoms with Crippen molar-refractivity contribution in [1.82, 2.24) is 5.32 Å². The van der Waals surface area contributed by atoms with Gasteiger partial charge in [-0.1, -0.05) is 45.4 Å². The molecule has 1 fully saturated rings. The highest BCUT2D eigenvalue weighted by atomic mass is 35.5. The molecule has 0 saturated carbocycles. The first kappa shape index (κ1) is 16.6. The van der Waals surface area contributed by atoms with Gasteiger partial charge in [0.1, 0.15) is 0 Å². The van der Waals surface area contributed by atoms with E-state index in [0.717, 1.165) is 43.0 Å². The van der Waals surface area contributed by atoms with Crippen molar-refractivity contribution in [3.8, 4) is 0 Å². The molecule has 1 aliphatic heterocycles. The van der Waals surface area contributed by atoms with Crippen molar-refractivity contribution in [1.29, 1.82) is 0 Å². The smallest absolute Gasteiger partial charge is 0.0426 e. The van der Waals surface area contributed by atoms with Crippen molar-refractivity contribution in [2.75, 3.05) is 24.5 Å². The molecule has 0 aromatic heterocycles. The van der Waals surface area contributed by atoms with E-state index in [1.807, 2.05) is 6.07 Å². The topological polar surface area (TPSA) is 15.3 Å². The fourth-order valence-electron chi connectivity index (χ4n) is 3.03. The van der Waals surface area contributed by atoms with Crippen LogP contribution in [0.1, 0.15) is 39.7 Å². The minimum absolute atomic E-state index is 0.679. The summed E-state index contributed by atoms with van der Waals surface area (Å²) in [4.78, 5) is 2.52. The minimum Gasteiger partial charge on any atom is -0.371 e. The van der Waals surface area contributed by atoms with Crippen molar-refractivity contribution < 1.29 is 0 Å². The predicted molar refractivity (Wildman–Crippen MR) is 93.2 cm³/mol. The molecule has 2 nitrogen and oxygen atoms in total. The van der Waals surface area contributed by atoms with Gasteiger partial charge in [0.15, 0.2) is 0 Å². The molecular weight excluding hydrogens is 280 g/mol. The molecule has 1 N–H and O–H groups in total. The zero-order valence-corrected chi connectivity index (χ0v) is 14.6. The van der Waals surface area contributed by atoms with E-state index >= 15 is 0 Å². The van der Waals surface area contributed by atoms with E-state index in [1.165, 1.54) is 17.7 Å². The molecule has 3 heteroatoms. The zero-order valence-electron chi connectivity index (χ0n) is 13.8. The lowest BCUT2D eigenvalue weighted by atomic mass is 9.95. The molecule has 0 radical (unpaired) electrons.